The van der Waals surface area contributed by atoms with Gasteiger partial charge in [-0.25, -0.2) is 0 Å². The smallest absolute Gasteiger partial charge is 0.276 e. The van der Waals surface area contributed by atoms with Crippen molar-refractivity contribution >= 4 is 28.7 Å². The highest BCUT2D eigenvalue weighted by atomic mass is 32.1. The fourth-order valence-electron chi connectivity index (χ4n) is 3.30. The van der Waals surface area contributed by atoms with Crippen LogP contribution in [0.25, 0.3) is 11.0 Å². The van der Waals surface area contributed by atoms with Gasteiger partial charge in [-0.2, -0.15) is 8.75 Å². The average molecular weight is 371 g/mol. The minimum atomic E-state index is -0.130. The highest BCUT2D eigenvalue weighted by Gasteiger charge is 2.19. The van der Waals surface area contributed by atoms with Gasteiger partial charge >= 0.3 is 0 Å². The fourth-order valence-corrected chi connectivity index (χ4v) is 3.81. The second-order valence-electron chi connectivity index (χ2n) is 6.79. The van der Waals surface area contributed by atoms with Gasteiger partial charge in [0, 0.05) is 20.1 Å². The van der Waals surface area contributed by atoms with Gasteiger partial charge in [0.05, 0.1) is 17.9 Å². The number of aromatic nitrogens is 5. The molecule has 136 valence electrons. The Morgan fingerprint density at radius 2 is 2.27 bits per heavy atom. The molecule has 3 aromatic rings. The van der Waals surface area contributed by atoms with Gasteiger partial charge in [0.25, 0.3) is 5.91 Å². The Bertz CT molecular complexity index is 899. The van der Waals surface area contributed by atoms with Crippen LogP contribution in [0.3, 0.4) is 0 Å². The lowest BCUT2D eigenvalue weighted by atomic mass is 10.00. The lowest BCUT2D eigenvalue weighted by Gasteiger charge is -2.22. The number of piperidine rings is 1. The zero-order chi connectivity index (χ0) is 17.9. The number of rotatable bonds is 5. The van der Waals surface area contributed by atoms with Crippen molar-refractivity contribution in [3.8, 4) is 0 Å². The maximum Gasteiger partial charge on any atom is 0.276 e. The Balaban J connectivity index is 1.39. The van der Waals surface area contributed by atoms with Crippen LogP contribution in [0.5, 0.6) is 0 Å². The van der Waals surface area contributed by atoms with Crippen molar-refractivity contribution in [3.63, 3.8) is 0 Å². The van der Waals surface area contributed by atoms with Crippen LogP contribution in [0.4, 0.5) is 0 Å². The van der Waals surface area contributed by atoms with Crippen molar-refractivity contribution in [2.24, 2.45) is 5.92 Å². The molecule has 9 heteroatoms. The topological polar surface area (TPSA) is 88.8 Å². The summed E-state index contributed by atoms with van der Waals surface area (Å²) >= 11 is 1.19. The predicted molar refractivity (Wildman–Crippen MR) is 98.8 cm³/mol. The first kappa shape index (κ1) is 17.0. The number of benzene rings is 1. The predicted octanol–water partition coefficient (Wildman–Crippen LogP) is 1.55. The molecule has 0 radical (unpaired) electrons. The molecule has 0 aliphatic carbocycles. The molecule has 1 saturated heterocycles. The molecule has 0 spiro atoms. The van der Waals surface area contributed by atoms with Crippen molar-refractivity contribution in [3.05, 3.63) is 35.7 Å². The van der Waals surface area contributed by atoms with Crippen LogP contribution in [0.2, 0.25) is 0 Å². The first-order valence-corrected chi connectivity index (χ1v) is 9.49. The van der Waals surface area contributed by atoms with Crippen molar-refractivity contribution < 1.29 is 4.79 Å². The van der Waals surface area contributed by atoms with E-state index in [1.165, 1.54) is 24.6 Å². The number of carbonyl (C=O) groups is 1. The Labute approximate surface area is 155 Å². The van der Waals surface area contributed by atoms with Crippen LogP contribution < -0.4 is 5.32 Å². The zero-order valence-corrected chi connectivity index (χ0v) is 15.4. The molecule has 0 unspecified atom stereocenters. The fraction of sp³-hybridized carbons (Fsp3) is 0.471. The van der Waals surface area contributed by atoms with Crippen molar-refractivity contribution in [1.82, 2.24) is 34.0 Å². The molecule has 1 aromatic carbocycles. The lowest BCUT2D eigenvalue weighted by molar-refractivity contribution is 0.0779. The van der Waals surface area contributed by atoms with E-state index in [1.807, 2.05) is 18.2 Å². The van der Waals surface area contributed by atoms with Gasteiger partial charge in [0.1, 0.15) is 11.0 Å². The van der Waals surface area contributed by atoms with Gasteiger partial charge in [-0.15, -0.1) is 5.10 Å². The summed E-state index contributed by atoms with van der Waals surface area (Å²) in [6.45, 7) is 3.37. The highest BCUT2D eigenvalue weighted by molar-refractivity contribution is 7.00. The van der Waals surface area contributed by atoms with Gasteiger partial charge in [-0.05, 0) is 49.5 Å². The highest BCUT2D eigenvalue weighted by Crippen LogP contribution is 2.16. The third-order valence-corrected chi connectivity index (χ3v) is 5.24. The molecule has 1 N–H and O–H groups in total. The molecule has 26 heavy (non-hydrogen) atoms. The van der Waals surface area contributed by atoms with E-state index in [9.17, 15) is 4.79 Å². The van der Waals surface area contributed by atoms with Crippen molar-refractivity contribution in [1.29, 1.82) is 0 Å². The van der Waals surface area contributed by atoms with Gasteiger partial charge < -0.3 is 10.2 Å². The monoisotopic (exact) mass is 371 g/mol. The molecule has 1 aliphatic rings. The van der Waals surface area contributed by atoms with Gasteiger partial charge in [0.2, 0.25) is 0 Å². The second-order valence-corrected chi connectivity index (χ2v) is 7.32. The van der Waals surface area contributed by atoms with Crippen LogP contribution in [-0.2, 0) is 13.1 Å². The van der Waals surface area contributed by atoms with E-state index in [0.29, 0.717) is 18.2 Å². The summed E-state index contributed by atoms with van der Waals surface area (Å²) in [6.07, 6.45) is 4.12. The zero-order valence-electron chi connectivity index (χ0n) is 14.6. The molecule has 0 bridgehead atoms. The summed E-state index contributed by atoms with van der Waals surface area (Å²) in [6, 6.07) is 5.87. The summed E-state index contributed by atoms with van der Waals surface area (Å²) in [5.74, 6) is 0.416. The summed E-state index contributed by atoms with van der Waals surface area (Å²) in [4.78, 5) is 14.3. The van der Waals surface area contributed by atoms with E-state index >= 15 is 0 Å². The van der Waals surface area contributed by atoms with Crippen LogP contribution in [0, 0.1) is 5.92 Å². The summed E-state index contributed by atoms with van der Waals surface area (Å²) in [5, 5.41) is 11.6. The molecule has 8 nitrogen and oxygen atoms in total. The summed E-state index contributed by atoms with van der Waals surface area (Å²) in [7, 11) is 1.77. The Hall–Kier alpha value is -2.39. The number of carbonyl (C=O) groups excluding carboxylic acids is 1. The van der Waals surface area contributed by atoms with Crippen LogP contribution in [-0.4, -0.2) is 54.7 Å². The largest absolute Gasteiger partial charge is 0.336 e. The molecule has 1 aliphatic heterocycles. The maximum absolute atomic E-state index is 12.6. The molecular formula is C17H21N7OS. The number of nitrogens with one attached hydrogen (secondary N) is 1. The Morgan fingerprint density at radius 1 is 1.38 bits per heavy atom. The number of hydrogen-bond donors (Lipinski definition) is 1. The van der Waals surface area contributed by atoms with E-state index in [-0.39, 0.29) is 5.91 Å². The number of nitrogens with zero attached hydrogens (tertiary/aromatic N) is 6. The quantitative estimate of drug-likeness (QED) is 0.732. The average Bonchev–Trinajstić information content (AvgIpc) is 3.31. The molecule has 2 aromatic heterocycles. The summed E-state index contributed by atoms with van der Waals surface area (Å²) < 4.78 is 10.2. The maximum atomic E-state index is 12.6. The normalized spacial score (nSPS) is 17.5. The van der Waals surface area contributed by atoms with Crippen LogP contribution in [0.15, 0.2) is 24.4 Å². The SMILES string of the molecule is CN(Cc1ccc2nsnc2c1)C(=O)c1cn(C[C@H]2CCCNC2)nn1. The molecule has 1 amide bonds. The standard InChI is InChI=1S/C17H21N7OS/c1-23(9-12-4-5-14-15(7-12)21-26-20-14)17(25)16-11-24(22-19-16)10-13-3-2-6-18-8-13/h4-5,7,11,13,18H,2-3,6,8-10H2,1H3/t13-/m0/s1. The van der Waals surface area contributed by atoms with Crippen LogP contribution >= 0.6 is 11.7 Å². The van der Waals surface area contributed by atoms with Gasteiger partial charge in [-0.3, -0.25) is 9.48 Å². The molecular weight excluding hydrogens is 350 g/mol. The van der Waals surface area contributed by atoms with Crippen molar-refractivity contribution in [2.45, 2.75) is 25.9 Å². The minimum absolute atomic E-state index is 0.130. The van der Waals surface area contributed by atoms with E-state index in [4.69, 9.17) is 0 Å². The molecule has 4 rings (SSSR count). The molecule has 0 saturated carbocycles. The van der Waals surface area contributed by atoms with Crippen molar-refractivity contribution in [2.75, 3.05) is 20.1 Å². The van der Waals surface area contributed by atoms with Gasteiger partial charge in [0.15, 0.2) is 5.69 Å². The third kappa shape index (κ3) is 3.73. The third-order valence-electron chi connectivity index (χ3n) is 4.69. The van der Waals surface area contributed by atoms with Gasteiger partial charge in [-0.1, -0.05) is 11.3 Å². The van der Waals surface area contributed by atoms with Crippen LogP contribution in [0.1, 0.15) is 28.9 Å². The van der Waals surface area contributed by atoms with E-state index < -0.39 is 0 Å². The minimum Gasteiger partial charge on any atom is -0.336 e. The number of amides is 1. The second kappa shape index (κ2) is 7.46. The van der Waals surface area contributed by atoms with E-state index in [1.54, 1.807) is 22.8 Å². The van der Waals surface area contributed by atoms with E-state index in [2.05, 4.69) is 24.4 Å². The summed E-state index contributed by atoms with van der Waals surface area (Å²) in [5.41, 5.74) is 3.14. The molecule has 1 atom stereocenters. The molecule has 1 fully saturated rings. The number of hydrogen-bond acceptors (Lipinski definition) is 7. The number of fused-ring (bicyclic) bond motifs is 1. The first-order valence-electron chi connectivity index (χ1n) is 8.76. The van der Waals surface area contributed by atoms with E-state index in [0.717, 1.165) is 36.2 Å². The Kier molecular flexibility index (Phi) is 4.89. The first-order chi connectivity index (χ1) is 12.7. The lowest BCUT2D eigenvalue weighted by Crippen LogP contribution is -2.32. The molecule has 3 heterocycles. The Morgan fingerprint density at radius 3 is 3.12 bits per heavy atom.